The molecule has 1 aromatic carbocycles. The Labute approximate surface area is 103 Å². The zero-order valence-electron chi connectivity index (χ0n) is 10.4. The molecular formula is C15H20N2. The fourth-order valence-corrected chi connectivity index (χ4v) is 2.48. The average molecular weight is 228 g/mol. The van der Waals surface area contributed by atoms with Crippen molar-refractivity contribution in [3.05, 3.63) is 36.0 Å². The number of aromatic nitrogens is 1. The normalized spacial score (nSPS) is 15.9. The summed E-state index contributed by atoms with van der Waals surface area (Å²) in [5.41, 5.74) is 2.70. The molecule has 1 aromatic heterocycles. The number of benzene rings is 1. The smallest absolute Gasteiger partial charge is 0.0456 e. The van der Waals surface area contributed by atoms with Crippen LogP contribution in [-0.2, 0) is 6.42 Å². The van der Waals surface area contributed by atoms with Gasteiger partial charge in [-0.15, -0.1) is 0 Å². The van der Waals surface area contributed by atoms with Crippen LogP contribution in [0.5, 0.6) is 0 Å². The van der Waals surface area contributed by atoms with Crippen LogP contribution in [0.3, 0.4) is 0 Å². The summed E-state index contributed by atoms with van der Waals surface area (Å²) in [5.74, 6) is 0.989. The predicted molar refractivity (Wildman–Crippen MR) is 72.2 cm³/mol. The molecule has 2 aromatic rings. The Morgan fingerprint density at radius 2 is 2.12 bits per heavy atom. The number of para-hydroxylation sites is 1. The maximum Gasteiger partial charge on any atom is 0.0456 e. The quantitative estimate of drug-likeness (QED) is 0.833. The van der Waals surface area contributed by atoms with E-state index in [1.807, 2.05) is 0 Å². The standard InChI is InChI=1S/C15H20N2/c1-17(11-12-6-7-12)9-8-13-10-16-15-5-3-2-4-14(13)15/h2-5,10,12,16H,6-9,11H2,1H3. The van der Waals surface area contributed by atoms with Crippen LogP contribution in [0.4, 0.5) is 0 Å². The highest BCUT2D eigenvalue weighted by Crippen LogP contribution is 2.29. The van der Waals surface area contributed by atoms with Gasteiger partial charge in [-0.05, 0) is 43.9 Å². The number of nitrogens with one attached hydrogen (secondary N) is 1. The van der Waals surface area contributed by atoms with E-state index >= 15 is 0 Å². The van der Waals surface area contributed by atoms with Gasteiger partial charge in [0.15, 0.2) is 0 Å². The van der Waals surface area contributed by atoms with E-state index in [1.54, 1.807) is 0 Å². The number of nitrogens with zero attached hydrogens (tertiary/aromatic N) is 1. The van der Waals surface area contributed by atoms with Gasteiger partial charge in [-0.25, -0.2) is 0 Å². The second-order valence-electron chi connectivity index (χ2n) is 5.32. The third-order valence-corrected chi connectivity index (χ3v) is 3.70. The highest BCUT2D eigenvalue weighted by molar-refractivity contribution is 5.83. The number of rotatable bonds is 5. The first-order chi connectivity index (χ1) is 8.33. The molecule has 1 fully saturated rings. The van der Waals surface area contributed by atoms with E-state index in [-0.39, 0.29) is 0 Å². The average Bonchev–Trinajstić information content (AvgIpc) is 3.06. The second-order valence-corrected chi connectivity index (χ2v) is 5.32. The van der Waals surface area contributed by atoms with Crippen LogP contribution in [0.25, 0.3) is 10.9 Å². The molecule has 90 valence electrons. The lowest BCUT2D eigenvalue weighted by Gasteiger charge is -2.15. The van der Waals surface area contributed by atoms with Crippen molar-refractivity contribution in [1.29, 1.82) is 0 Å². The third kappa shape index (κ3) is 2.52. The number of aromatic amines is 1. The molecule has 2 heteroatoms. The van der Waals surface area contributed by atoms with Crippen molar-refractivity contribution in [3.63, 3.8) is 0 Å². The molecular weight excluding hydrogens is 208 g/mol. The van der Waals surface area contributed by atoms with Crippen molar-refractivity contribution in [2.75, 3.05) is 20.1 Å². The minimum atomic E-state index is 0.989. The van der Waals surface area contributed by atoms with Crippen molar-refractivity contribution < 1.29 is 0 Å². The van der Waals surface area contributed by atoms with Gasteiger partial charge in [0, 0.05) is 30.2 Å². The van der Waals surface area contributed by atoms with E-state index in [1.165, 1.54) is 42.4 Å². The highest BCUT2D eigenvalue weighted by atomic mass is 15.1. The molecule has 17 heavy (non-hydrogen) atoms. The van der Waals surface area contributed by atoms with Crippen LogP contribution >= 0.6 is 0 Å². The van der Waals surface area contributed by atoms with Crippen LogP contribution < -0.4 is 0 Å². The first-order valence-corrected chi connectivity index (χ1v) is 6.56. The summed E-state index contributed by atoms with van der Waals surface area (Å²) in [7, 11) is 2.24. The topological polar surface area (TPSA) is 19.0 Å². The molecule has 0 aliphatic heterocycles. The molecule has 1 aliphatic rings. The first kappa shape index (κ1) is 10.8. The number of fused-ring (bicyclic) bond motifs is 1. The monoisotopic (exact) mass is 228 g/mol. The maximum absolute atomic E-state index is 3.35. The zero-order valence-corrected chi connectivity index (χ0v) is 10.4. The van der Waals surface area contributed by atoms with E-state index in [0.29, 0.717) is 0 Å². The van der Waals surface area contributed by atoms with Gasteiger partial charge >= 0.3 is 0 Å². The maximum atomic E-state index is 3.35. The molecule has 3 rings (SSSR count). The lowest BCUT2D eigenvalue weighted by atomic mass is 10.1. The fourth-order valence-electron chi connectivity index (χ4n) is 2.48. The van der Waals surface area contributed by atoms with Gasteiger partial charge in [-0.3, -0.25) is 0 Å². The Bertz CT molecular complexity index is 496. The number of H-pyrrole nitrogens is 1. The van der Waals surface area contributed by atoms with Crippen LogP contribution in [0.2, 0.25) is 0 Å². The van der Waals surface area contributed by atoms with Crippen LogP contribution in [-0.4, -0.2) is 30.0 Å². The second kappa shape index (κ2) is 4.53. The Hall–Kier alpha value is -1.28. The molecule has 2 nitrogen and oxygen atoms in total. The Balaban J connectivity index is 1.63. The molecule has 0 radical (unpaired) electrons. The summed E-state index contributed by atoms with van der Waals surface area (Å²) in [5, 5.41) is 1.38. The molecule has 1 heterocycles. The minimum Gasteiger partial charge on any atom is -0.361 e. The molecule has 0 spiro atoms. The molecule has 0 bridgehead atoms. The first-order valence-electron chi connectivity index (χ1n) is 6.56. The Kier molecular flexibility index (Phi) is 2.89. The van der Waals surface area contributed by atoms with Crippen LogP contribution in [0.1, 0.15) is 18.4 Å². The summed E-state index contributed by atoms with van der Waals surface area (Å²) in [6, 6.07) is 8.56. The van der Waals surface area contributed by atoms with Crippen molar-refractivity contribution >= 4 is 10.9 Å². The zero-order chi connectivity index (χ0) is 11.7. The summed E-state index contributed by atoms with van der Waals surface area (Å²) in [6.45, 7) is 2.45. The van der Waals surface area contributed by atoms with Gasteiger partial charge in [-0.2, -0.15) is 0 Å². The van der Waals surface area contributed by atoms with Crippen molar-refractivity contribution in [1.82, 2.24) is 9.88 Å². The van der Waals surface area contributed by atoms with Gasteiger partial charge in [0.2, 0.25) is 0 Å². The van der Waals surface area contributed by atoms with E-state index in [2.05, 4.69) is 47.4 Å². The molecule has 1 N–H and O–H groups in total. The molecule has 0 amide bonds. The van der Waals surface area contributed by atoms with E-state index in [0.717, 1.165) is 12.3 Å². The van der Waals surface area contributed by atoms with E-state index < -0.39 is 0 Å². The van der Waals surface area contributed by atoms with Crippen LogP contribution in [0, 0.1) is 5.92 Å². The summed E-state index contributed by atoms with van der Waals surface area (Å²) in [6.07, 6.45) is 6.19. The summed E-state index contributed by atoms with van der Waals surface area (Å²) >= 11 is 0. The van der Waals surface area contributed by atoms with Gasteiger partial charge < -0.3 is 9.88 Å². The lowest BCUT2D eigenvalue weighted by molar-refractivity contribution is 0.325. The Morgan fingerprint density at radius 3 is 2.94 bits per heavy atom. The summed E-state index contributed by atoms with van der Waals surface area (Å²) < 4.78 is 0. The molecule has 0 atom stereocenters. The lowest BCUT2D eigenvalue weighted by Crippen LogP contribution is -2.23. The highest BCUT2D eigenvalue weighted by Gasteiger charge is 2.22. The molecule has 0 unspecified atom stereocenters. The van der Waals surface area contributed by atoms with Crippen molar-refractivity contribution in [2.24, 2.45) is 5.92 Å². The predicted octanol–water partition coefficient (Wildman–Crippen LogP) is 3.05. The minimum absolute atomic E-state index is 0.989. The Morgan fingerprint density at radius 1 is 1.29 bits per heavy atom. The number of hydrogen-bond acceptors (Lipinski definition) is 1. The third-order valence-electron chi connectivity index (χ3n) is 3.70. The largest absolute Gasteiger partial charge is 0.361 e. The fraction of sp³-hybridized carbons (Fsp3) is 0.467. The van der Waals surface area contributed by atoms with Gasteiger partial charge in [0.25, 0.3) is 0 Å². The van der Waals surface area contributed by atoms with Gasteiger partial charge in [0.1, 0.15) is 0 Å². The number of likely N-dealkylation sites (N-methyl/N-ethyl adjacent to an activating group) is 1. The van der Waals surface area contributed by atoms with Gasteiger partial charge in [-0.1, -0.05) is 18.2 Å². The number of hydrogen-bond donors (Lipinski definition) is 1. The van der Waals surface area contributed by atoms with E-state index in [9.17, 15) is 0 Å². The van der Waals surface area contributed by atoms with Crippen LogP contribution in [0.15, 0.2) is 30.5 Å². The SMILES string of the molecule is CN(CCc1c[nH]c2ccccc12)CC1CC1. The van der Waals surface area contributed by atoms with Gasteiger partial charge in [0.05, 0.1) is 0 Å². The van der Waals surface area contributed by atoms with Crippen molar-refractivity contribution in [3.8, 4) is 0 Å². The van der Waals surface area contributed by atoms with Crippen molar-refractivity contribution in [2.45, 2.75) is 19.3 Å². The molecule has 1 saturated carbocycles. The molecule has 1 aliphatic carbocycles. The molecule has 0 saturated heterocycles. The summed E-state index contributed by atoms with van der Waals surface area (Å²) in [4.78, 5) is 5.82. The van der Waals surface area contributed by atoms with E-state index in [4.69, 9.17) is 0 Å².